The summed E-state index contributed by atoms with van der Waals surface area (Å²) in [7, 11) is 1.65. The van der Waals surface area contributed by atoms with Crippen molar-refractivity contribution in [3.63, 3.8) is 0 Å². The van der Waals surface area contributed by atoms with Crippen LogP contribution in [0.5, 0.6) is 5.75 Å². The predicted molar refractivity (Wildman–Crippen MR) is 133 cm³/mol. The molecule has 1 atom stereocenters. The monoisotopic (exact) mass is 465 g/mol. The number of anilines is 1. The van der Waals surface area contributed by atoms with Gasteiger partial charge in [0.25, 0.3) is 0 Å². The Hall–Kier alpha value is -3.16. The van der Waals surface area contributed by atoms with Crippen molar-refractivity contribution in [2.45, 2.75) is 32.4 Å². The fraction of sp³-hybridized carbons (Fsp3) is 0.308. The summed E-state index contributed by atoms with van der Waals surface area (Å²) >= 11 is 1.72. The summed E-state index contributed by atoms with van der Waals surface area (Å²) < 4.78 is 5.27. The van der Waals surface area contributed by atoms with Crippen LogP contribution in [0.4, 0.5) is 5.69 Å². The number of hydrogen-bond acceptors (Lipinski definition) is 5. The molecule has 1 unspecified atom stereocenters. The summed E-state index contributed by atoms with van der Waals surface area (Å²) in [5.41, 5.74) is 7.24. The number of para-hydroxylation sites is 1. The maximum atomic E-state index is 13.5. The van der Waals surface area contributed by atoms with E-state index in [0.29, 0.717) is 6.54 Å². The van der Waals surface area contributed by atoms with E-state index < -0.39 is 5.91 Å². The first kappa shape index (κ1) is 24.5. The Morgan fingerprint density at radius 2 is 1.76 bits per heavy atom. The second-order valence-corrected chi connectivity index (χ2v) is 9.02. The zero-order valence-electron chi connectivity index (χ0n) is 19.1. The second kappa shape index (κ2) is 12.2. The van der Waals surface area contributed by atoms with E-state index in [2.05, 4.69) is 23.3 Å². The van der Waals surface area contributed by atoms with Crippen molar-refractivity contribution in [2.75, 3.05) is 25.1 Å². The highest BCUT2D eigenvalue weighted by Crippen LogP contribution is 2.20. The number of nitrogens with zero attached hydrogens (tertiary/aromatic N) is 2. The Balaban J connectivity index is 1.80. The van der Waals surface area contributed by atoms with Gasteiger partial charge in [0.05, 0.1) is 13.7 Å². The normalized spacial score (nSPS) is 11.8. The number of rotatable bonds is 12. The fourth-order valence-electron chi connectivity index (χ4n) is 3.67. The zero-order chi connectivity index (χ0) is 23.6. The number of thiophene rings is 1. The molecule has 0 spiro atoms. The molecular formula is C26H31N3O3S. The molecule has 6 nitrogen and oxygen atoms in total. The van der Waals surface area contributed by atoms with E-state index in [1.165, 1.54) is 4.88 Å². The third-order valence-electron chi connectivity index (χ3n) is 5.53. The number of ether oxygens (including phenoxy) is 1. The van der Waals surface area contributed by atoms with Crippen molar-refractivity contribution in [1.29, 1.82) is 0 Å². The molecular weight excluding hydrogens is 434 g/mol. The molecule has 0 aliphatic rings. The molecule has 0 fully saturated rings. The molecule has 7 heteroatoms. The molecule has 0 saturated carbocycles. The number of nitrogens with two attached hydrogens (primary N) is 1. The Labute approximate surface area is 199 Å². The molecule has 1 aromatic heterocycles. The van der Waals surface area contributed by atoms with Gasteiger partial charge in [-0.1, -0.05) is 36.4 Å². The topological polar surface area (TPSA) is 75.9 Å². The molecule has 3 aromatic rings. The Bertz CT molecular complexity index is 1010. The van der Waals surface area contributed by atoms with Gasteiger partial charge in [-0.05, 0) is 54.6 Å². The van der Waals surface area contributed by atoms with Crippen LogP contribution in [0.1, 0.15) is 23.8 Å². The lowest BCUT2D eigenvalue weighted by atomic mass is 10.1. The van der Waals surface area contributed by atoms with E-state index in [0.717, 1.165) is 23.4 Å². The van der Waals surface area contributed by atoms with Crippen molar-refractivity contribution in [3.8, 4) is 5.75 Å². The second-order valence-electron chi connectivity index (χ2n) is 7.98. The van der Waals surface area contributed by atoms with Crippen molar-refractivity contribution >= 4 is 28.8 Å². The van der Waals surface area contributed by atoms with Crippen LogP contribution in [0.3, 0.4) is 0 Å². The first-order chi connectivity index (χ1) is 16.0. The van der Waals surface area contributed by atoms with Gasteiger partial charge in [0.1, 0.15) is 5.75 Å². The molecule has 1 heterocycles. The van der Waals surface area contributed by atoms with E-state index in [1.807, 2.05) is 60.7 Å². The average Bonchev–Trinajstić information content (AvgIpc) is 3.33. The average molecular weight is 466 g/mol. The minimum Gasteiger partial charge on any atom is -0.497 e. The predicted octanol–water partition coefficient (Wildman–Crippen LogP) is 4.10. The minimum absolute atomic E-state index is 0.0611. The first-order valence-corrected chi connectivity index (χ1v) is 11.9. The summed E-state index contributed by atoms with van der Waals surface area (Å²) in [6, 6.07) is 21.6. The number of hydrogen-bond donors (Lipinski definition) is 1. The van der Waals surface area contributed by atoms with Crippen LogP contribution in [0.25, 0.3) is 0 Å². The highest BCUT2D eigenvalue weighted by atomic mass is 32.1. The number of carbonyl (C=O) groups excluding carboxylic acids is 2. The van der Waals surface area contributed by atoms with Crippen molar-refractivity contribution in [3.05, 3.63) is 82.6 Å². The number of methoxy groups -OCH3 is 1. The standard InChI is InChI=1S/C26H31N3O3S/c1-20(17-24-9-6-16-33-24)28(18-21-10-12-23(32-2)13-11-21)19-26(31)29(15-14-25(27)30)22-7-4-3-5-8-22/h3-13,16,20H,14-15,17-19H2,1-2H3,(H2,27,30). The van der Waals surface area contributed by atoms with Gasteiger partial charge in [0.2, 0.25) is 11.8 Å². The van der Waals surface area contributed by atoms with Crippen molar-refractivity contribution in [2.24, 2.45) is 5.73 Å². The van der Waals surface area contributed by atoms with E-state index in [9.17, 15) is 9.59 Å². The van der Waals surface area contributed by atoms with Gasteiger partial charge in [0.15, 0.2) is 0 Å². The largest absolute Gasteiger partial charge is 0.497 e. The molecule has 2 amide bonds. The van der Waals surface area contributed by atoms with Crippen LogP contribution in [-0.2, 0) is 22.6 Å². The number of carbonyl (C=O) groups is 2. The number of benzene rings is 2. The van der Waals surface area contributed by atoms with Gasteiger partial charge in [-0.25, -0.2) is 0 Å². The zero-order valence-corrected chi connectivity index (χ0v) is 20.0. The Kier molecular flexibility index (Phi) is 9.04. The summed E-state index contributed by atoms with van der Waals surface area (Å²) in [6.45, 7) is 3.26. The molecule has 2 aromatic carbocycles. The van der Waals surface area contributed by atoms with Gasteiger partial charge in [-0.15, -0.1) is 11.3 Å². The fourth-order valence-corrected chi connectivity index (χ4v) is 4.50. The molecule has 33 heavy (non-hydrogen) atoms. The maximum absolute atomic E-state index is 13.5. The quantitative estimate of drug-likeness (QED) is 0.437. The van der Waals surface area contributed by atoms with E-state index in [-0.39, 0.29) is 31.5 Å². The smallest absolute Gasteiger partial charge is 0.241 e. The van der Waals surface area contributed by atoms with Crippen LogP contribution >= 0.6 is 11.3 Å². The van der Waals surface area contributed by atoms with Gasteiger partial charge in [-0.2, -0.15) is 0 Å². The first-order valence-electron chi connectivity index (χ1n) is 11.0. The lowest BCUT2D eigenvalue weighted by molar-refractivity contribution is -0.120. The molecule has 174 valence electrons. The van der Waals surface area contributed by atoms with Crippen molar-refractivity contribution < 1.29 is 14.3 Å². The SMILES string of the molecule is COc1ccc(CN(CC(=O)N(CCC(N)=O)c2ccccc2)C(C)Cc2cccs2)cc1. The summed E-state index contributed by atoms with van der Waals surface area (Å²) in [5.74, 6) is 0.314. The third-order valence-corrected chi connectivity index (χ3v) is 6.43. The molecule has 0 saturated heterocycles. The summed E-state index contributed by atoms with van der Waals surface area (Å²) in [5, 5.41) is 2.07. The maximum Gasteiger partial charge on any atom is 0.241 e. The lowest BCUT2D eigenvalue weighted by Gasteiger charge is -2.31. The number of primary amides is 1. The molecule has 0 bridgehead atoms. The molecule has 0 aliphatic carbocycles. The van der Waals surface area contributed by atoms with Crippen LogP contribution in [0.15, 0.2) is 72.1 Å². The van der Waals surface area contributed by atoms with Gasteiger partial charge in [0, 0.05) is 36.1 Å². The van der Waals surface area contributed by atoms with Crippen LogP contribution in [-0.4, -0.2) is 43.0 Å². The Morgan fingerprint density at radius 3 is 2.36 bits per heavy atom. The van der Waals surface area contributed by atoms with Gasteiger partial charge < -0.3 is 15.4 Å². The summed E-state index contributed by atoms with van der Waals surface area (Å²) in [6.07, 6.45) is 0.970. The molecule has 3 rings (SSSR count). The van der Waals surface area contributed by atoms with E-state index in [4.69, 9.17) is 10.5 Å². The van der Waals surface area contributed by atoms with Crippen LogP contribution in [0, 0.1) is 0 Å². The van der Waals surface area contributed by atoms with E-state index >= 15 is 0 Å². The number of amides is 2. The van der Waals surface area contributed by atoms with Crippen LogP contribution < -0.4 is 15.4 Å². The lowest BCUT2D eigenvalue weighted by Crippen LogP contribution is -2.45. The minimum atomic E-state index is -0.426. The summed E-state index contributed by atoms with van der Waals surface area (Å²) in [4.78, 5) is 30.0. The van der Waals surface area contributed by atoms with Crippen molar-refractivity contribution in [1.82, 2.24) is 4.90 Å². The third kappa shape index (κ3) is 7.44. The molecule has 0 aliphatic heterocycles. The Morgan fingerprint density at radius 1 is 1.03 bits per heavy atom. The highest BCUT2D eigenvalue weighted by molar-refractivity contribution is 7.09. The van der Waals surface area contributed by atoms with Gasteiger partial charge >= 0.3 is 0 Å². The molecule has 2 N–H and O–H groups in total. The molecule has 0 radical (unpaired) electrons. The van der Waals surface area contributed by atoms with Gasteiger partial charge in [-0.3, -0.25) is 14.5 Å². The van der Waals surface area contributed by atoms with Crippen LogP contribution in [0.2, 0.25) is 0 Å². The highest BCUT2D eigenvalue weighted by Gasteiger charge is 2.23. The van der Waals surface area contributed by atoms with E-state index in [1.54, 1.807) is 23.3 Å².